The van der Waals surface area contributed by atoms with Crippen molar-refractivity contribution in [2.45, 2.75) is 45.4 Å². The molecule has 3 rings (SSSR count). The minimum atomic E-state index is -0.878. The molecule has 4 heteroatoms. The van der Waals surface area contributed by atoms with Gasteiger partial charge in [-0.25, -0.2) is 8.78 Å². The molecule has 2 nitrogen and oxygen atoms in total. The molecule has 0 amide bonds. The molecular formula is C22H24F2O2. The molecule has 0 aliphatic heterocycles. The summed E-state index contributed by atoms with van der Waals surface area (Å²) in [4.78, 5) is 12.4. The van der Waals surface area contributed by atoms with Crippen LogP contribution in [0.1, 0.15) is 45.4 Å². The van der Waals surface area contributed by atoms with Crippen LogP contribution in [0.2, 0.25) is 0 Å². The van der Waals surface area contributed by atoms with Crippen molar-refractivity contribution in [1.29, 1.82) is 0 Å². The average Bonchev–Trinajstić information content (AvgIpc) is 2.65. The lowest BCUT2D eigenvalue weighted by molar-refractivity contribution is -0.140. The fraction of sp³-hybridized carbons (Fsp3) is 0.409. The van der Waals surface area contributed by atoms with Crippen LogP contribution in [0.5, 0.6) is 5.75 Å². The zero-order chi connectivity index (χ0) is 18.5. The molecule has 0 atom stereocenters. The Morgan fingerprint density at radius 2 is 1.62 bits per heavy atom. The second kappa shape index (κ2) is 8.43. The van der Waals surface area contributed by atoms with Crippen LogP contribution in [0.3, 0.4) is 0 Å². The highest BCUT2D eigenvalue weighted by Gasteiger charge is 2.27. The first-order valence-electron chi connectivity index (χ1n) is 9.34. The molecular weight excluding hydrogens is 334 g/mol. The van der Waals surface area contributed by atoms with Gasteiger partial charge < -0.3 is 4.74 Å². The summed E-state index contributed by atoms with van der Waals surface area (Å²) in [6.07, 6.45) is 6.44. The molecule has 0 N–H and O–H groups in total. The summed E-state index contributed by atoms with van der Waals surface area (Å²) in [5, 5.41) is 0. The standard InChI is InChI=1S/C22H24F2O2/c1-2-3-15-4-6-17(7-5-15)22(25)26-19-11-8-16(9-12-19)18-10-13-20(23)21(24)14-18/h8-15,17H,2-7H2,1H3. The summed E-state index contributed by atoms with van der Waals surface area (Å²) < 4.78 is 31.9. The van der Waals surface area contributed by atoms with Gasteiger partial charge >= 0.3 is 5.97 Å². The van der Waals surface area contributed by atoms with Crippen molar-refractivity contribution in [2.75, 3.05) is 0 Å². The quantitative estimate of drug-likeness (QED) is 0.474. The molecule has 1 aliphatic rings. The first-order valence-corrected chi connectivity index (χ1v) is 9.34. The molecule has 0 spiro atoms. The van der Waals surface area contributed by atoms with E-state index in [0.717, 1.165) is 49.3 Å². The van der Waals surface area contributed by atoms with E-state index in [2.05, 4.69) is 6.92 Å². The second-order valence-electron chi connectivity index (χ2n) is 7.08. The minimum Gasteiger partial charge on any atom is -0.426 e. The molecule has 26 heavy (non-hydrogen) atoms. The van der Waals surface area contributed by atoms with Gasteiger partial charge in [0.15, 0.2) is 11.6 Å². The molecule has 138 valence electrons. The van der Waals surface area contributed by atoms with Crippen molar-refractivity contribution in [1.82, 2.24) is 0 Å². The SMILES string of the molecule is CCCC1CCC(C(=O)Oc2ccc(-c3ccc(F)c(F)c3)cc2)CC1. The van der Waals surface area contributed by atoms with Crippen LogP contribution in [-0.4, -0.2) is 5.97 Å². The summed E-state index contributed by atoms with van der Waals surface area (Å²) in [6, 6.07) is 10.7. The van der Waals surface area contributed by atoms with Crippen LogP contribution in [0.15, 0.2) is 42.5 Å². The molecule has 1 saturated carbocycles. The number of esters is 1. The fourth-order valence-corrected chi connectivity index (χ4v) is 3.69. The van der Waals surface area contributed by atoms with Gasteiger partial charge in [-0.3, -0.25) is 4.79 Å². The molecule has 1 aliphatic carbocycles. The van der Waals surface area contributed by atoms with Crippen molar-refractivity contribution < 1.29 is 18.3 Å². The van der Waals surface area contributed by atoms with Gasteiger partial charge in [-0.05, 0) is 67.0 Å². The summed E-state index contributed by atoms with van der Waals surface area (Å²) in [5.41, 5.74) is 1.32. The van der Waals surface area contributed by atoms with Gasteiger partial charge in [0.2, 0.25) is 0 Å². The summed E-state index contributed by atoms with van der Waals surface area (Å²) in [5.74, 6) is -0.699. The molecule has 0 saturated heterocycles. The zero-order valence-electron chi connectivity index (χ0n) is 15.0. The lowest BCUT2D eigenvalue weighted by Crippen LogP contribution is -2.25. The van der Waals surface area contributed by atoms with Crippen LogP contribution in [0, 0.1) is 23.5 Å². The van der Waals surface area contributed by atoms with E-state index >= 15 is 0 Å². The van der Waals surface area contributed by atoms with Crippen molar-refractivity contribution in [3.05, 3.63) is 54.1 Å². The summed E-state index contributed by atoms with van der Waals surface area (Å²) in [7, 11) is 0. The maximum atomic E-state index is 13.4. The number of hydrogen-bond acceptors (Lipinski definition) is 2. The monoisotopic (exact) mass is 358 g/mol. The molecule has 0 aromatic heterocycles. The maximum Gasteiger partial charge on any atom is 0.314 e. The van der Waals surface area contributed by atoms with Gasteiger partial charge in [-0.2, -0.15) is 0 Å². The van der Waals surface area contributed by atoms with E-state index < -0.39 is 11.6 Å². The Bertz CT molecular complexity index is 747. The van der Waals surface area contributed by atoms with Gasteiger partial charge in [0.05, 0.1) is 5.92 Å². The van der Waals surface area contributed by atoms with Crippen molar-refractivity contribution >= 4 is 5.97 Å². The van der Waals surface area contributed by atoms with Gasteiger partial charge in [0, 0.05) is 0 Å². The number of hydrogen-bond donors (Lipinski definition) is 0. The van der Waals surface area contributed by atoms with Crippen molar-refractivity contribution in [3.63, 3.8) is 0 Å². The number of carbonyl (C=O) groups is 1. The number of rotatable bonds is 5. The average molecular weight is 358 g/mol. The molecule has 2 aromatic rings. The minimum absolute atomic E-state index is 0.0195. The lowest BCUT2D eigenvalue weighted by Gasteiger charge is -2.26. The molecule has 0 radical (unpaired) electrons. The number of carbonyl (C=O) groups excluding carboxylic acids is 1. The third-order valence-corrected chi connectivity index (χ3v) is 5.20. The van der Waals surface area contributed by atoms with E-state index in [0.29, 0.717) is 11.3 Å². The highest BCUT2D eigenvalue weighted by molar-refractivity contribution is 5.75. The van der Waals surface area contributed by atoms with E-state index in [-0.39, 0.29) is 11.9 Å². The number of benzene rings is 2. The third-order valence-electron chi connectivity index (χ3n) is 5.20. The lowest BCUT2D eigenvalue weighted by atomic mass is 9.80. The van der Waals surface area contributed by atoms with Crippen molar-refractivity contribution in [2.24, 2.45) is 11.8 Å². The van der Waals surface area contributed by atoms with Crippen LogP contribution < -0.4 is 4.74 Å². The van der Waals surface area contributed by atoms with Gasteiger partial charge in [-0.15, -0.1) is 0 Å². The molecule has 0 unspecified atom stereocenters. The topological polar surface area (TPSA) is 26.3 Å². The fourth-order valence-electron chi connectivity index (χ4n) is 3.69. The van der Waals surface area contributed by atoms with Crippen LogP contribution in [0.4, 0.5) is 8.78 Å². The Morgan fingerprint density at radius 3 is 2.23 bits per heavy atom. The highest BCUT2D eigenvalue weighted by Crippen LogP contribution is 2.32. The van der Waals surface area contributed by atoms with E-state index in [4.69, 9.17) is 4.74 Å². The summed E-state index contributed by atoms with van der Waals surface area (Å²) >= 11 is 0. The van der Waals surface area contributed by atoms with Crippen LogP contribution in [-0.2, 0) is 4.79 Å². The van der Waals surface area contributed by atoms with E-state index in [9.17, 15) is 13.6 Å². The van der Waals surface area contributed by atoms with Crippen LogP contribution in [0.25, 0.3) is 11.1 Å². The van der Waals surface area contributed by atoms with E-state index in [1.807, 2.05) is 0 Å². The largest absolute Gasteiger partial charge is 0.426 e. The molecule has 1 fully saturated rings. The number of halogens is 2. The van der Waals surface area contributed by atoms with Gasteiger partial charge in [-0.1, -0.05) is 38.0 Å². The van der Waals surface area contributed by atoms with Crippen molar-refractivity contribution in [3.8, 4) is 16.9 Å². The zero-order valence-corrected chi connectivity index (χ0v) is 15.0. The first kappa shape index (κ1) is 18.6. The Hall–Kier alpha value is -2.23. The molecule has 2 aromatic carbocycles. The van der Waals surface area contributed by atoms with E-state index in [1.54, 1.807) is 24.3 Å². The Kier molecular flexibility index (Phi) is 6.02. The first-order chi connectivity index (χ1) is 12.6. The Morgan fingerprint density at radius 1 is 0.962 bits per heavy atom. The van der Waals surface area contributed by atoms with Gasteiger partial charge in [0.1, 0.15) is 5.75 Å². The predicted molar refractivity (Wildman–Crippen MR) is 97.8 cm³/mol. The highest BCUT2D eigenvalue weighted by atomic mass is 19.2. The smallest absolute Gasteiger partial charge is 0.314 e. The molecule has 0 bridgehead atoms. The second-order valence-corrected chi connectivity index (χ2v) is 7.08. The number of ether oxygens (including phenoxy) is 1. The normalized spacial score (nSPS) is 20.0. The maximum absolute atomic E-state index is 13.4. The Labute approximate surface area is 153 Å². The molecule has 0 heterocycles. The van der Waals surface area contributed by atoms with E-state index in [1.165, 1.54) is 18.9 Å². The summed E-state index contributed by atoms with van der Waals surface area (Å²) in [6.45, 7) is 2.20. The predicted octanol–water partition coefficient (Wildman–Crippen LogP) is 6.14. The Balaban J connectivity index is 1.59. The third kappa shape index (κ3) is 4.48. The van der Waals surface area contributed by atoms with Gasteiger partial charge in [0.25, 0.3) is 0 Å². The van der Waals surface area contributed by atoms with Crippen LogP contribution >= 0.6 is 0 Å².